The molecule has 4 heteroatoms. The molecule has 1 fully saturated rings. The fourth-order valence-electron chi connectivity index (χ4n) is 3.32. The summed E-state index contributed by atoms with van der Waals surface area (Å²) in [7, 11) is 0. The highest BCUT2D eigenvalue weighted by Gasteiger charge is 2.26. The van der Waals surface area contributed by atoms with E-state index in [4.69, 9.17) is 5.73 Å². The van der Waals surface area contributed by atoms with E-state index in [1.54, 1.807) is 0 Å². The van der Waals surface area contributed by atoms with Gasteiger partial charge in [-0.15, -0.1) is 0 Å². The summed E-state index contributed by atoms with van der Waals surface area (Å²) in [5, 5.41) is 2.15. The van der Waals surface area contributed by atoms with E-state index in [0.29, 0.717) is 17.0 Å². The lowest BCUT2D eigenvalue weighted by Crippen LogP contribution is -2.12. The zero-order chi connectivity index (χ0) is 16.8. The second-order valence-electron chi connectivity index (χ2n) is 6.19. The van der Waals surface area contributed by atoms with Crippen LogP contribution in [-0.2, 0) is 0 Å². The topological polar surface area (TPSA) is 43.1 Å². The van der Waals surface area contributed by atoms with Gasteiger partial charge < -0.3 is 5.73 Å². The summed E-state index contributed by atoms with van der Waals surface area (Å²) in [6.07, 6.45) is 2.41. The van der Waals surface area contributed by atoms with Gasteiger partial charge in [-0.2, -0.15) is 0 Å². The molecule has 2 nitrogen and oxygen atoms in total. The van der Waals surface area contributed by atoms with Gasteiger partial charge in [0.25, 0.3) is 0 Å². The van der Waals surface area contributed by atoms with Crippen LogP contribution in [0.5, 0.6) is 0 Å². The minimum absolute atomic E-state index is 0.321. The molecule has 0 spiro atoms. The average Bonchev–Trinajstić information content (AvgIpc) is 3.38. The maximum atomic E-state index is 13.9. The molecule has 1 aliphatic rings. The van der Waals surface area contributed by atoms with Gasteiger partial charge in [-0.25, -0.2) is 4.39 Å². The predicted molar refractivity (Wildman–Crippen MR) is 97.5 cm³/mol. The van der Waals surface area contributed by atoms with Crippen LogP contribution in [0.15, 0.2) is 53.0 Å². The first-order valence-corrected chi connectivity index (χ1v) is 8.66. The molecule has 0 saturated heterocycles. The normalized spacial score (nSPS) is 14.1. The van der Waals surface area contributed by atoms with E-state index < -0.39 is 11.7 Å². The Bertz CT molecular complexity index is 979. The van der Waals surface area contributed by atoms with Crippen molar-refractivity contribution < 1.29 is 9.18 Å². The Morgan fingerprint density at radius 2 is 1.88 bits per heavy atom. The summed E-state index contributed by atoms with van der Waals surface area (Å²) in [5.74, 6) is -0.352. The van der Waals surface area contributed by atoms with E-state index in [-0.39, 0.29) is 0 Å². The number of carbonyl (C=O) groups is 1. The van der Waals surface area contributed by atoms with Gasteiger partial charge >= 0.3 is 0 Å². The van der Waals surface area contributed by atoms with Crippen molar-refractivity contribution in [2.45, 2.75) is 18.8 Å². The Hall–Kier alpha value is -2.20. The molecule has 3 aromatic carbocycles. The van der Waals surface area contributed by atoms with Crippen LogP contribution in [0.2, 0.25) is 0 Å². The highest BCUT2D eigenvalue weighted by atomic mass is 79.9. The van der Waals surface area contributed by atoms with Crippen molar-refractivity contribution in [1.82, 2.24) is 0 Å². The molecule has 24 heavy (non-hydrogen) atoms. The molecule has 0 bridgehead atoms. The lowest BCUT2D eigenvalue weighted by atomic mass is 9.91. The van der Waals surface area contributed by atoms with E-state index in [1.807, 2.05) is 18.2 Å². The molecule has 1 amide bonds. The molecule has 2 N–H and O–H groups in total. The predicted octanol–water partition coefficient (Wildman–Crippen LogP) is 5.38. The van der Waals surface area contributed by atoms with E-state index in [1.165, 1.54) is 36.6 Å². The van der Waals surface area contributed by atoms with Crippen LogP contribution >= 0.6 is 15.9 Å². The minimum atomic E-state index is -0.563. The molecule has 1 saturated carbocycles. The Kier molecular flexibility index (Phi) is 3.65. The molecule has 0 atom stereocenters. The van der Waals surface area contributed by atoms with E-state index in [9.17, 15) is 9.18 Å². The number of primary amides is 1. The van der Waals surface area contributed by atoms with Gasteiger partial charge in [-0.1, -0.05) is 40.2 Å². The van der Waals surface area contributed by atoms with Crippen LogP contribution in [0.25, 0.3) is 21.9 Å². The number of rotatable bonds is 3. The summed E-state index contributed by atoms with van der Waals surface area (Å²) in [6, 6.07) is 14.3. The van der Waals surface area contributed by atoms with Crippen LogP contribution < -0.4 is 5.73 Å². The van der Waals surface area contributed by atoms with Crippen LogP contribution in [0, 0.1) is 5.82 Å². The van der Waals surface area contributed by atoms with Gasteiger partial charge in [-0.05, 0) is 64.9 Å². The first kappa shape index (κ1) is 15.3. The first-order chi connectivity index (χ1) is 11.6. The number of hydrogen-bond acceptors (Lipinski definition) is 1. The Morgan fingerprint density at radius 3 is 2.58 bits per heavy atom. The van der Waals surface area contributed by atoms with Crippen LogP contribution in [0.3, 0.4) is 0 Å². The highest BCUT2D eigenvalue weighted by molar-refractivity contribution is 9.10. The molecule has 0 radical (unpaired) electrons. The Balaban J connectivity index is 2.07. The van der Waals surface area contributed by atoms with Crippen molar-refractivity contribution >= 4 is 32.6 Å². The van der Waals surface area contributed by atoms with E-state index in [2.05, 4.69) is 28.1 Å². The molecule has 0 aliphatic heterocycles. The smallest absolute Gasteiger partial charge is 0.249 e. The Labute approximate surface area is 147 Å². The van der Waals surface area contributed by atoms with Crippen molar-refractivity contribution in [2.75, 3.05) is 0 Å². The second kappa shape index (κ2) is 5.71. The van der Waals surface area contributed by atoms with Crippen molar-refractivity contribution in [3.05, 3.63) is 69.9 Å². The molecular weight excluding hydrogens is 369 g/mol. The summed E-state index contributed by atoms with van der Waals surface area (Å²) in [6.45, 7) is 0. The molecule has 0 heterocycles. The van der Waals surface area contributed by atoms with Gasteiger partial charge in [0.1, 0.15) is 5.82 Å². The first-order valence-electron chi connectivity index (χ1n) is 7.87. The van der Waals surface area contributed by atoms with Gasteiger partial charge in [-0.3, -0.25) is 4.79 Å². The van der Waals surface area contributed by atoms with Crippen LogP contribution in [0.4, 0.5) is 4.39 Å². The van der Waals surface area contributed by atoms with Gasteiger partial charge in [0, 0.05) is 15.6 Å². The average molecular weight is 384 g/mol. The number of carbonyl (C=O) groups excluding carboxylic acids is 1. The van der Waals surface area contributed by atoms with E-state index >= 15 is 0 Å². The minimum Gasteiger partial charge on any atom is -0.366 e. The third-order valence-corrected chi connectivity index (χ3v) is 5.24. The van der Waals surface area contributed by atoms with Crippen molar-refractivity contribution in [1.29, 1.82) is 0 Å². The summed E-state index contributed by atoms with van der Waals surface area (Å²) < 4.78 is 14.7. The SMILES string of the molecule is NC(=O)c1ccc(F)cc1-c1c(Br)ccc2c(C3CC3)cccc12. The standard InChI is InChI=1S/C20H15BrFNO/c21-18-9-8-14-13(11-4-5-11)2-1-3-15(14)19(18)17-10-12(22)6-7-16(17)20(23)24/h1-3,6-11H,4-5H2,(H2,23,24). The molecule has 4 rings (SSSR count). The number of fused-ring (bicyclic) bond motifs is 1. The zero-order valence-electron chi connectivity index (χ0n) is 12.9. The molecular formula is C20H15BrFNO. The summed E-state index contributed by atoms with van der Waals surface area (Å²) in [5.41, 5.74) is 8.48. The zero-order valence-corrected chi connectivity index (χ0v) is 14.4. The van der Waals surface area contributed by atoms with Crippen molar-refractivity contribution in [3.63, 3.8) is 0 Å². The van der Waals surface area contributed by atoms with Gasteiger partial charge in [0.15, 0.2) is 0 Å². The molecule has 1 aliphatic carbocycles. The van der Waals surface area contributed by atoms with Crippen LogP contribution in [-0.4, -0.2) is 5.91 Å². The maximum absolute atomic E-state index is 13.9. The lowest BCUT2D eigenvalue weighted by molar-refractivity contribution is 0.100. The van der Waals surface area contributed by atoms with Crippen LogP contribution in [0.1, 0.15) is 34.7 Å². The highest BCUT2D eigenvalue weighted by Crippen LogP contribution is 2.46. The Morgan fingerprint density at radius 1 is 1.08 bits per heavy atom. The largest absolute Gasteiger partial charge is 0.366 e. The number of nitrogens with two attached hydrogens (primary N) is 1. The summed E-state index contributed by atoms with van der Waals surface area (Å²) >= 11 is 3.56. The molecule has 3 aromatic rings. The third kappa shape index (κ3) is 2.51. The lowest BCUT2D eigenvalue weighted by Gasteiger charge is -2.15. The van der Waals surface area contributed by atoms with Crippen molar-refractivity contribution in [3.8, 4) is 11.1 Å². The molecule has 0 aromatic heterocycles. The fraction of sp³-hybridized carbons (Fsp3) is 0.150. The maximum Gasteiger partial charge on any atom is 0.249 e. The van der Waals surface area contributed by atoms with Crippen molar-refractivity contribution in [2.24, 2.45) is 5.73 Å². The van der Waals surface area contributed by atoms with E-state index in [0.717, 1.165) is 20.8 Å². The third-order valence-electron chi connectivity index (χ3n) is 4.58. The molecule has 120 valence electrons. The van der Waals surface area contributed by atoms with Gasteiger partial charge in [0.05, 0.1) is 0 Å². The number of benzene rings is 3. The number of amides is 1. The number of hydrogen-bond donors (Lipinski definition) is 1. The quantitative estimate of drug-likeness (QED) is 0.647. The van der Waals surface area contributed by atoms with Gasteiger partial charge in [0.2, 0.25) is 5.91 Å². The molecule has 0 unspecified atom stereocenters. The monoisotopic (exact) mass is 383 g/mol. The number of halogens is 2. The fourth-order valence-corrected chi connectivity index (χ4v) is 3.88. The summed E-state index contributed by atoms with van der Waals surface area (Å²) in [4.78, 5) is 11.8. The second-order valence-corrected chi connectivity index (χ2v) is 7.05.